The molecule has 3 rings (SSSR count). The minimum atomic E-state index is -0.643. The zero-order valence-electron chi connectivity index (χ0n) is 15.5. The minimum absolute atomic E-state index is 0.155. The molecular weight excluding hydrogens is 406 g/mol. The summed E-state index contributed by atoms with van der Waals surface area (Å²) >= 11 is 3.48. The van der Waals surface area contributed by atoms with E-state index in [2.05, 4.69) is 26.2 Å². The maximum Gasteiger partial charge on any atom is 0.249 e. The molecule has 6 heteroatoms. The van der Waals surface area contributed by atoms with Crippen LogP contribution in [0, 0.1) is 6.92 Å². The molecule has 0 radical (unpaired) electrons. The van der Waals surface area contributed by atoms with Gasteiger partial charge in [-0.1, -0.05) is 34.1 Å². The summed E-state index contributed by atoms with van der Waals surface area (Å²) < 4.78 is 0.990. The van der Waals surface area contributed by atoms with Gasteiger partial charge in [0, 0.05) is 47.7 Å². The number of rotatable bonds is 5. The fourth-order valence-corrected chi connectivity index (χ4v) is 3.41. The van der Waals surface area contributed by atoms with Crippen LogP contribution in [0.4, 0.5) is 5.69 Å². The number of aromatic nitrogens is 1. The molecule has 5 nitrogen and oxygen atoms in total. The van der Waals surface area contributed by atoms with Crippen molar-refractivity contribution in [3.63, 3.8) is 0 Å². The molecule has 0 bridgehead atoms. The van der Waals surface area contributed by atoms with Crippen molar-refractivity contribution in [2.24, 2.45) is 0 Å². The number of anilines is 1. The lowest BCUT2D eigenvalue weighted by molar-refractivity contribution is -0.126. The molecule has 0 aliphatic rings. The highest BCUT2D eigenvalue weighted by molar-refractivity contribution is 9.10. The van der Waals surface area contributed by atoms with Gasteiger partial charge in [0.1, 0.15) is 6.04 Å². The molecule has 0 saturated heterocycles. The standard InChI is InChI=1S/C21H22BrN3O2/c1-13-10-16(8-9-18(13)22)25(3)21(27)20(24-14(2)26)11-15-12-23-19-7-5-4-6-17(15)19/h4-10,12,20,23H,11H2,1-3H3,(H,24,26). The summed E-state index contributed by atoms with van der Waals surface area (Å²) in [6.07, 6.45) is 2.32. The molecule has 0 fully saturated rings. The van der Waals surface area contributed by atoms with Crippen LogP contribution in [0.1, 0.15) is 18.1 Å². The van der Waals surface area contributed by atoms with Gasteiger partial charge in [0.15, 0.2) is 0 Å². The Morgan fingerprint density at radius 2 is 1.96 bits per heavy atom. The van der Waals surface area contributed by atoms with Gasteiger partial charge >= 0.3 is 0 Å². The first-order chi connectivity index (χ1) is 12.9. The van der Waals surface area contributed by atoms with Crippen molar-refractivity contribution in [2.75, 3.05) is 11.9 Å². The lowest BCUT2D eigenvalue weighted by atomic mass is 10.0. The molecule has 140 valence electrons. The topological polar surface area (TPSA) is 65.2 Å². The van der Waals surface area contributed by atoms with Gasteiger partial charge in [0.25, 0.3) is 0 Å². The first-order valence-corrected chi connectivity index (χ1v) is 9.52. The summed E-state index contributed by atoms with van der Waals surface area (Å²) in [5.74, 6) is -0.384. The van der Waals surface area contributed by atoms with Gasteiger partial charge in [0.05, 0.1) is 0 Å². The number of fused-ring (bicyclic) bond motifs is 1. The molecule has 1 atom stereocenters. The van der Waals surface area contributed by atoms with E-state index >= 15 is 0 Å². The molecule has 0 aliphatic heterocycles. The molecule has 27 heavy (non-hydrogen) atoms. The van der Waals surface area contributed by atoms with Crippen molar-refractivity contribution in [1.29, 1.82) is 0 Å². The zero-order chi connectivity index (χ0) is 19.6. The number of halogens is 1. The molecule has 2 amide bonds. The van der Waals surface area contributed by atoms with Crippen LogP contribution in [0.2, 0.25) is 0 Å². The number of aromatic amines is 1. The average Bonchev–Trinajstić information content (AvgIpc) is 3.05. The number of nitrogens with zero attached hydrogens (tertiary/aromatic N) is 1. The Bertz CT molecular complexity index is 996. The number of H-pyrrole nitrogens is 1. The van der Waals surface area contributed by atoms with E-state index in [1.807, 2.05) is 55.6 Å². The predicted octanol–water partition coefficient (Wildman–Crippen LogP) is 3.95. The van der Waals surface area contributed by atoms with E-state index in [-0.39, 0.29) is 11.8 Å². The zero-order valence-corrected chi connectivity index (χ0v) is 17.1. The second-order valence-electron chi connectivity index (χ2n) is 6.65. The maximum absolute atomic E-state index is 13.1. The number of likely N-dealkylation sites (N-methyl/N-ethyl adjacent to an activating group) is 1. The van der Waals surface area contributed by atoms with Crippen LogP contribution in [0.25, 0.3) is 10.9 Å². The van der Waals surface area contributed by atoms with E-state index in [4.69, 9.17) is 0 Å². The van der Waals surface area contributed by atoms with Gasteiger partial charge in [-0.2, -0.15) is 0 Å². The second-order valence-corrected chi connectivity index (χ2v) is 7.50. The number of hydrogen-bond acceptors (Lipinski definition) is 2. The summed E-state index contributed by atoms with van der Waals surface area (Å²) in [6.45, 7) is 3.41. The van der Waals surface area contributed by atoms with Crippen LogP contribution in [-0.4, -0.2) is 29.9 Å². The third kappa shape index (κ3) is 4.22. The van der Waals surface area contributed by atoms with Crippen LogP contribution >= 0.6 is 15.9 Å². The van der Waals surface area contributed by atoms with E-state index in [1.54, 1.807) is 11.9 Å². The summed E-state index contributed by atoms with van der Waals surface area (Å²) in [6, 6.07) is 13.0. The number of hydrogen-bond donors (Lipinski definition) is 2. The molecule has 3 aromatic rings. The quantitative estimate of drug-likeness (QED) is 0.647. The van der Waals surface area contributed by atoms with E-state index < -0.39 is 6.04 Å². The third-order valence-electron chi connectivity index (χ3n) is 4.63. The van der Waals surface area contributed by atoms with Gasteiger partial charge in [-0.25, -0.2) is 0 Å². The largest absolute Gasteiger partial charge is 0.361 e. The fraction of sp³-hybridized carbons (Fsp3) is 0.238. The highest BCUT2D eigenvalue weighted by Crippen LogP contribution is 2.24. The van der Waals surface area contributed by atoms with Crippen LogP contribution in [0.5, 0.6) is 0 Å². The monoisotopic (exact) mass is 427 g/mol. The third-order valence-corrected chi connectivity index (χ3v) is 5.52. The molecule has 1 heterocycles. The summed E-state index contributed by atoms with van der Waals surface area (Å²) in [5.41, 5.74) is 3.84. The summed E-state index contributed by atoms with van der Waals surface area (Å²) in [4.78, 5) is 29.6. The normalized spacial score (nSPS) is 12.0. The molecule has 0 saturated carbocycles. The van der Waals surface area contributed by atoms with Gasteiger partial charge in [-0.05, 0) is 42.3 Å². The highest BCUT2D eigenvalue weighted by Gasteiger charge is 2.25. The number of para-hydroxylation sites is 1. The summed E-state index contributed by atoms with van der Waals surface area (Å²) in [5, 5.41) is 3.86. The van der Waals surface area contributed by atoms with Crippen LogP contribution in [-0.2, 0) is 16.0 Å². The fourth-order valence-electron chi connectivity index (χ4n) is 3.16. The number of aryl methyl sites for hydroxylation is 1. The van der Waals surface area contributed by atoms with Crippen molar-refractivity contribution < 1.29 is 9.59 Å². The SMILES string of the molecule is CC(=O)NC(Cc1c[nH]c2ccccc12)C(=O)N(C)c1ccc(Br)c(C)c1. The molecule has 0 spiro atoms. The number of carbonyl (C=O) groups is 2. The lowest BCUT2D eigenvalue weighted by Gasteiger charge is -2.25. The van der Waals surface area contributed by atoms with Crippen molar-refractivity contribution in [1.82, 2.24) is 10.3 Å². The Labute approximate surface area is 166 Å². The number of amides is 2. The number of benzene rings is 2. The molecule has 0 aliphatic carbocycles. The Balaban J connectivity index is 1.88. The highest BCUT2D eigenvalue weighted by atomic mass is 79.9. The van der Waals surface area contributed by atoms with Gasteiger partial charge in [0.2, 0.25) is 11.8 Å². The van der Waals surface area contributed by atoms with Crippen molar-refractivity contribution in [3.05, 3.63) is 64.3 Å². The second kappa shape index (κ2) is 7.96. The van der Waals surface area contributed by atoms with Gasteiger partial charge in [-0.3, -0.25) is 9.59 Å². The van der Waals surface area contributed by atoms with E-state index in [0.717, 1.165) is 32.2 Å². The first-order valence-electron chi connectivity index (χ1n) is 8.72. The summed E-state index contributed by atoms with van der Waals surface area (Å²) in [7, 11) is 1.73. The minimum Gasteiger partial charge on any atom is -0.361 e. The molecule has 2 aromatic carbocycles. The Kier molecular flexibility index (Phi) is 5.65. The predicted molar refractivity (Wildman–Crippen MR) is 112 cm³/mol. The first kappa shape index (κ1) is 19.2. The molecule has 1 aromatic heterocycles. The molecule has 2 N–H and O–H groups in total. The average molecular weight is 428 g/mol. The lowest BCUT2D eigenvalue weighted by Crippen LogP contribution is -2.48. The van der Waals surface area contributed by atoms with Gasteiger partial charge < -0.3 is 15.2 Å². The van der Waals surface area contributed by atoms with Crippen molar-refractivity contribution in [2.45, 2.75) is 26.3 Å². The van der Waals surface area contributed by atoms with E-state index in [0.29, 0.717) is 6.42 Å². The Morgan fingerprint density at radius 1 is 1.22 bits per heavy atom. The van der Waals surface area contributed by atoms with Crippen LogP contribution in [0.15, 0.2) is 53.1 Å². The van der Waals surface area contributed by atoms with Crippen molar-refractivity contribution >= 4 is 44.3 Å². The molecular formula is C21H22BrN3O2. The smallest absolute Gasteiger partial charge is 0.249 e. The van der Waals surface area contributed by atoms with Crippen LogP contribution in [0.3, 0.4) is 0 Å². The Hall–Kier alpha value is -2.60. The number of carbonyl (C=O) groups excluding carboxylic acids is 2. The maximum atomic E-state index is 13.1. The Morgan fingerprint density at radius 3 is 2.67 bits per heavy atom. The van der Waals surface area contributed by atoms with Crippen molar-refractivity contribution in [3.8, 4) is 0 Å². The molecule has 1 unspecified atom stereocenters. The van der Waals surface area contributed by atoms with Gasteiger partial charge in [-0.15, -0.1) is 0 Å². The van der Waals surface area contributed by atoms with E-state index in [9.17, 15) is 9.59 Å². The number of nitrogens with one attached hydrogen (secondary N) is 2. The van der Waals surface area contributed by atoms with E-state index in [1.165, 1.54) is 6.92 Å². The van der Waals surface area contributed by atoms with Crippen LogP contribution < -0.4 is 10.2 Å².